The summed E-state index contributed by atoms with van der Waals surface area (Å²) >= 11 is 1.11. The monoisotopic (exact) mass is 370 g/mol. The normalized spacial score (nSPS) is 16.8. The lowest BCUT2D eigenvalue weighted by Crippen LogP contribution is -2.27. The molecule has 25 heavy (non-hydrogen) atoms. The maximum atomic E-state index is 13.7. The number of nitrogens with zero attached hydrogens (tertiary/aromatic N) is 2. The lowest BCUT2D eigenvalue weighted by Gasteiger charge is -2.17. The molecule has 0 amide bonds. The van der Waals surface area contributed by atoms with Crippen molar-refractivity contribution in [2.45, 2.75) is 37.8 Å². The van der Waals surface area contributed by atoms with E-state index in [9.17, 15) is 18.0 Å². The smallest absolute Gasteiger partial charge is 0.389 e. The number of fused-ring (bicyclic) bond motifs is 1. The summed E-state index contributed by atoms with van der Waals surface area (Å²) in [5, 5.41) is 4.52. The number of hydrogen-bond donors (Lipinski definition) is 0. The van der Waals surface area contributed by atoms with Gasteiger partial charge in [-0.25, -0.2) is 0 Å². The zero-order chi connectivity index (χ0) is 18.4. The summed E-state index contributed by atoms with van der Waals surface area (Å²) in [7, 11) is 1.48. The van der Waals surface area contributed by atoms with Crippen molar-refractivity contribution in [2.24, 2.45) is 12.2 Å². The van der Waals surface area contributed by atoms with Gasteiger partial charge in [-0.3, -0.25) is 4.79 Å². The van der Waals surface area contributed by atoms with Gasteiger partial charge in [-0.2, -0.15) is 13.2 Å². The lowest BCUT2D eigenvalue weighted by molar-refractivity contribution is -0.136. The molecular weight excluding hydrogens is 353 g/mol. The van der Waals surface area contributed by atoms with E-state index in [0.717, 1.165) is 11.8 Å². The fourth-order valence-corrected chi connectivity index (χ4v) is 3.97. The van der Waals surface area contributed by atoms with Crippen molar-refractivity contribution in [3.8, 4) is 0 Å². The van der Waals surface area contributed by atoms with Gasteiger partial charge in [-0.15, -0.1) is 11.8 Å². The predicted octanol–water partition coefficient (Wildman–Crippen LogP) is 4.30. The molecule has 0 N–H and O–H groups in total. The number of oxime groups is 1. The minimum absolute atomic E-state index is 0.0256. The largest absolute Gasteiger partial charge is 0.417 e. The van der Waals surface area contributed by atoms with E-state index < -0.39 is 22.9 Å². The molecule has 134 valence electrons. The van der Waals surface area contributed by atoms with Crippen LogP contribution in [0.4, 0.5) is 13.2 Å². The highest BCUT2D eigenvalue weighted by atomic mass is 32.2. The predicted molar refractivity (Wildman–Crippen MR) is 92.7 cm³/mol. The van der Waals surface area contributed by atoms with E-state index in [4.69, 9.17) is 4.84 Å². The quantitative estimate of drug-likeness (QED) is 0.792. The molecule has 0 fully saturated rings. The number of thioether (sulfide) groups is 1. The molecule has 1 aromatic carbocycles. The van der Waals surface area contributed by atoms with Crippen molar-refractivity contribution in [1.29, 1.82) is 0 Å². The highest BCUT2D eigenvalue weighted by Gasteiger charge is 2.38. The summed E-state index contributed by atoms with van der Waals surface area (Å²) in [6.07, 6.45) is -4.11. The van der Waals surface area contributed by atoms with Crippen LogP contribution in [-0.2, 0) is 23.8 Å². The minimum Gasteiger partial charge on any atom is -0.389 e. The van der Waals surface area contributed by atoms with Crippen LogP contribution in [0.15, 0.2) is 34.2 Å². The van der Waals surface area contributed by atoms with Gasteiger partial charge >= 0.3 is 6.18 Å². The third kappa shape index (κ3) is 3.40. The molecule has 0 atom stereocenters. The van der Waals surface area contributed by atoms with Gasteiger partial charge in [0.1, 0.15) is 10.6 Å². The van der Waals surface area contributed by atoms with E-state index in [-0.39, 0.29) is 22.2 Å². The summed E-state index contributed by atoms with van der Waals surface area (Å²) < 4.78 is 42.4. The number of para-hydroxylation sites is 1. The van der Waals surface area contributed by atoms with Crippen LogP contribution in [0.5, 0.6) is 0 Å². The van der Waals surface area contributed by atoms with Gasteiger partial charge in [0.15, 0.2) is 0 Å². The van der Waals surface area contributed by atoms with Crippen LogP contribution in [0.3, 0.4) is 0 Å². The van der Waals surface area contributed by atoms with E-state index in [1.807, 2.05) is 13.8 Å². The van der Waals surface area contributed by atoms with E-state index in [1.54, 1.807) is 6.07 Å². The van der Waals surface area contributed by atoms with Crippen LogP contribution in [0.1, 0.15) is 31.4 Å². The third-order valence-electron chi connectivity index (χ3n) is 4.04. The van der Waals surface area contributed by atoms with E-state index in [0.29, 0.717) is 11.5 Å². The Kier molecular flexibility index (Phi) is 4.35. The number of halogens is 3. The number of hydrogen-bond acceptors (Lipinski definition) is 4. The zero-order valence-corrected chi connectivity index (χ0v) is 14.8. The Morgan fingerprint density at radius 3 is 2.60 bits per heavy atom. The van der Waals surface area contributed by atoms with E-state index >= 15 is 0 Å². The Hall–Kier alpha value is -1.96. The Bertz CT molecular complexity index is 916. The Balaban J connectivity index is 2.08. The van der Waals surface area contributed by atoms with Crippen molar-refractivity contribution in [3.05, 3.63) is 45.7 Å². The van der Waals surface area contributed by atoms with E-state index in [1.165, 1.54) is 29.8 Å². The third-order valence-corrected chi connectivity index (χ3v) is 5.02. The molecule has 0 radical (unpaired) electrons. The molecule has 0 unspecified atom stereocenters. The lowest BCUT2D eigenvalue weighted by atomic mass is 10.0. The summed E-state index contributed by atoms with van der Waals surface area (Å²) in [6, 6.07) is 6.06. The maximum Gasteiger partial charge on any atom is 0.417 e. The average molecular weight is 370 g/mol. The van der Waals surface area contributed by atoms with Crippen molar-refractivity contribution >= 4 is 27.7 Å². The van der Waals surface area contributed by atoms with Gasteiger partial charge in [0.2, 0.25) is 0 Å². The van der Waals surface area contributed by atoms with Crippen molar-refractivity contribution < 1.29 is 18.0 Å². The van der Waals surface area contributed by atoms with E-state index in [2.05, 4.69) is 5.16 Å². The molecular formula is C17H17F3N2O2S. The van der Waals surface area contributed by atoms with Crippen molar-refractivity contribution in [1.82, 2.24) is 4.57 Å². The fraction of sp³-hybridized carbons (Fsp3) is 0.412. The van der Waals surface area contributed by atoms with Crippen LogP contribution < -0.4 is 5.56 Å². The van der Waals surface area contributed by atoms with Crippen LogP contribution in [-0.4, -0.2) is 15.2 Å². The van der Waals surface area contributed by atoms with Gasteiger partial charge in [0.25, 0.3) is 5.56 Å². The number of pyridine rings is 1. The zero-order valence-electron chi connectivity index (χ0n) is 14.0. The summed E-state index contributed by atoms with van der Waals surface area (Å²) in [5.74, 6) is -0.107. The molecule has 3 rings (SSSR count). The Morgan fingerprint density at radius 2 is 2.00 bits per heavy atom. The number of benzene rings is 1. The maximum absolute atomic E-state index is 13.7. The second-order valence-electron chi connectivity index (χ2n) is 6.53. The highest BCUT2D eigenvalue weighted by molar-refractivity contribution is 8.13. The average Bonchev–Trinajstić information content (AvgIpc) is 2.87. The second-order valence-corrected chi connectivity index (χ2v) is 7.58. The van der Waals surface area contributed by atoms with Gasteiger partial charge in [0, 0.05) is 30.2 Å². The molecule has 0 aliphatic carbocycles. The van der Waals surface area contributed by atoms with Crippen molar-refractivity contribution in [2.75, 3.05) is 0 Å². The Morgan fingerprint density at radius 1 is 1.32 bits per heavy atom. The second kappa shape index (κ2) is 6.09. The van der Waals surface area contributed by atoms with Gasteiger partial charge in [0.05, 0.1) is 11.1 Å². The number of rotatable bonds is 2. The fourth-order valence-electron chi connectivity index (χ4n) is 2.85. The van der Waals surface area contributed by atoms with Crippen molar-refractivity contribution in [3.63, 3.8) is 0 Å². The standard InChI is InChI=1S/C17H17F3N2O2S/c1-16(2)8-13(21-24-16)25-9-11-14(17(18,19)20)10-6-4-5-7-12(10)22(3)15(11)23/h4-7H,8-9H2,1-3H3. The topological polar surface area (TPSA) is 43.6 Å². The molecule has 0 saturated heterocycles. The molecule has 8 heteroatoms. The molecule has 0 saturated carbocycles. The first-order valence-corrected chi connectivity index (χ1v) is 8.64. The first-order valence-electron chi connectivity index (χ1n) is 7.66. The highest BCUT2D eigenvalue weighted by Crippen LogP contribution is 2.38. The molecule has 1 aliphatic rings. The first kappa shape index (κ1) is 17.8. The number of aryl methyl sites for hydroxylation is 1. The Labute approximate surface area is 146 Å². The van der Waals surface area contributed by atoms with Crippen LogP contribution >= 0.6 is 11.8 Å². The molecule has 2 aromatic rings. The SMILES string of the molecule is Cn1c(=O)c(CSC2=NOC(C)(C)C2)c(C(F)(F)F)c2ccccc21. The van der Waals surface area contributed by atoms with Gasteiger partial charge in [-0.1, -0.05) is 23.4 Å². The minimum atomic E-state index is -4.61. The summed E-state index contributed by atoms with van der Waals surface area (Å²) in [4.78, 5) is 17.8. The number of aromatic nitrogens is 1. The molecule has 0 bridgehead atoms. The molecule has 2 heterocycles. The molecule has 0 spiro atoms. The molecule has 4 nitrogen and oxygen atoms in total. The molecule has 1 aliphatic heterocycles. The van der Waals surface area contributed by atoms with Crippen LogP contribution in [0.25, 0.3) is 10.9 Å². The van der Waals surface area contributed by atoms with Crippen LogP contribution in [0.2, 0.25) is 0 Å². The number of alkyl halides is 3. The first-order chi connectivity index (χ1) is 11.6. The van der Waals surface area contributed by atoms with Gasteiger partial charge < -0.3 is 9.40 Å². The van der Waals surface area contributed by atoms with Gasteiger partial charge in [-0.05, 0) is 19.9 Å². The summed E-state index contributed by atoms with van der Waals surface area (Å²) in [6.45, 7) is 3.69. The van der Waals surface area contributed by atoms with Crippen LogP contribution in [0, 0.1) is 0 Å². The summed E-state index contributed by atoms with van der Waals surface area (Å²) in [5.41, 5.74) is -1.97. The molecule has 1 aromatic heterocycles.